The summed E-state index contributed by atoms with van der Waals surface area (Å²) in [6.07, 6.45) is 10.6. The molecule has 2 saturated heterocycles. The number of H-pyrrole nitrogens is 1. The smallest absolute Gasteiger partial charge is 0.227 e. The van der Waals surface area contributed by atoms with E-state index >= 15 is 0 Å². The number of amides is 1. The normalized spacial score (nSPS) is 23.5. The van der Waals surface area contributed by atoms with Crippen molar-refractivity contribution >= 4 is 24.1 Å². The Balaban J connectivity index is 1.42. The molecule has 166 valence electrons. The van der Waals surface area contributed by atoms with E-state index in [0.29, 0.717) is 17.9 Å². The molecule has 2 aromatic rings. The second kappa shape index (κ2) is 8.48. The molecule has 2 atom stereocenters. The van der Waals surface area contributed by atoms with Crippen molar-refractivity contribution in [2.45, 2.75) is 70.8 Å². The molecule has 0 radical (unpaired) electrons. The average Bonchev–Trinajstić information content (AvgIpc) is 3.53. The maximum Gasteiger partial charge on any atom is 0.227 e. The van der Waals surface area contributed by atoms with E-state index in [1.807, 2.05) is 11.1 Å². The first-order valence-electron chi connectivity index (χ1n) is 11.8. The largest absolute Gasteiger partial charge is 0.345 e. The Labute approximate surface area is 183 Å². The van der Waals surface area contributed by atoms with Crippen molar-refractivity contribution in [1.29, 1.82) is 0 Å². The van der Waals surface area contributed by atoms with Crippen molar-refractivity contribution in [3.63, 3.8) is 0 Å². The molecule has 31 heavy (non-hydrogen) atoms. The molecule has 2 aliphatic heterocycles. The van der Waals surface area contributed by atoms with Gasteiger partial charge in [-0.15, -0.1) is 0 Å². The van der Waals surface area contributed by atoms with Gasteiger partial charge < -0.3 is 20.1 Å². The molecule has 2 unspecified atom stereocenters. The van der Waals surface area contributed by atoms with Crippen molar-refractivity contribution in [2.75, 3.05) is 29.9 Å². The maximum atomic E-state index is 11.3. The van der Waals surface area contributed by atoms with Crippen LogP contribution in [0.15, 0.2) is 6.20 Å². The third kappa shape index (κ3) is 4.00. The number of piperidine rings is 1. The lowest BCUT2D eigenvalue weighted by Gasteiger charge is -2.37. The highest BCUT2D eigenvalue weighted by molar-refractivity contribution is 5.59. The summed E-state index contributed by atoms with van der Waals surface area (Å²) < 4.78 is 0. The Morgan fingerprint density at radius 3 is 2.84 bits per heavy atom. The van der Waals surface area contributed by atoms with Gasteiger partial charge in [-0.2, -0.15) is 4.98 Å². The molecule has 1 amide bonds. The third-order valence-corrected chi connectivity index (χ3v) is 7.11. The highest BCUT2D eigenvalue weighted by Crippen LogP contribution is 2.35. The van der Waals surface area contributed by atoms with Gasteiger partial charge in [0, 0.05) is 36.9 Å². The highest BCUT2D eigenvalue weighted by atomic mass is 16.1. The lowest BCUT2D eigenvalue weighted by molar-refractivity contribution is -0.119. The van der Waals surface area contributed by atoms with E-state index in [1.165, 1.54) is 17.7 Å². The number of aromatic amines is 1. The van der Waals surface area contributed by atoms with Crippen LogP contribution in [0.1, 0.15) is 68.8 Å². The lowest BCUT2D eigenvalue weighted by atomic mass is 9.89. The second-order valence-corrected chi connectivity index (χ2v) is 9.52. The van der Waals surface area contributed by atoms with Crippen LogP contribution < -0.4 is 10.2 Å². The number of carbonyl (C=O) groups is 1. The number of hydrogen-bond donors (Lipinski definition) is 2. The van der Waals surface area contributed by atoms with Crippen molar-refractivity contribution in [1.82, 2.24) is 24.8 Å². The zero-order valence-corrected chi connectivity index (χ0v) is 18.6. The van der Waals surface area contributed by atoms with Gasteiger partial charge in [0.2, 0.25) is 18.3 Å². The first-order chi connectivity index (χ1) is 15.1. The molecule has 4 heterocycles. The number of imidazole rings is 1. The standard InChI is InChI=1S/C23H33N7O/c1-15(2)19-12-24-22(25-19)27-21-17-7-3-8-18(17)26-23(28-21)30-11-5-9-20(30)16-6-4-10-29(13-16)14-31/h12,14-16,20H,3-11,13H2,1-2H3,(H2,24,25,26,27,28). The Kier molecular flexibility index (Phi) is 5.54. The fraction of sp³-hybridized carbons (Fsp3) is 0.652. The fourth-order valence-corrected chi connectivity index (χ4v) is 5.44. The molecule has 0 saturated carbocycles. The summed E-state index contributed by atoms with van der Waals surface area (Å²) >= 11 is 0. The molecular formula is C23H33N7O. The lowest BCUT2D eigenvalue weighted by Crippen LogP contribution is -2.45. The predicted octanol–water partition coefficient (Wildman–Crippen LogP) is 3.39. The van der Waals surface area contributed by atoms with E-state index in [1.54, 1.807) is 0 Å². The van der Waals surface area contributed by atoms with E-state index < -0.39 is 0 Å². The number of fused-ring (bicyclic) bond motifs is 1. The van der Waals surface area contributed by atoms with Crippen LogP contribution in [-0.4, -0.2) is 56.9 Å². The Bertz CT molecular complexity index is 940. The molecule has 2 N–H and O–H groups in total. The number of nitrogens with one attached hydrogen (secondary N) is 2. The zero-order chi connectivity index (χ0) is 21.4. The van der Waals surface area contributed by atoms with Crippen LogP contribution in [0.2, 0.25) is 0 Å². The number of hydrogen-bond acceptors (Lipinski definition) is 6. The first-order valence-corrected chi connectivity index (χ1v) is 11.8. The van der Waals surface area contributed by atoms with Gasteiger partial charge in [0.1, 0.15) is 5.82 Å². The van der Waals surface area contributed by atoms with Crippen molar-refractivity contribution in [3.05, 3.63) is 23.1 Å². The van der Waals surface area contributed by atoms with E-state index in [2.05, 4.69) is 34.0 Å². The Morgan fingerprint density at radius 1 is 1.16 bits per heavy atom. The van der Waals surface area contributed by atoms with Gasteiger partial charge >= 0.3 is 0 Å². The highest BCUT2D eigenvalue weighted by Gasteiger charge is 2.36. The summed E-state index contributed by atoms with van der Waals surface area (Å²) in [7, 11) is 0. The molecular weight excluding hydrogens is 390 g/mol. The molecule has 5 rings (SSSR count). The van der Waals surface area contributed by atoms with Gasteiger partial charge in [-0.05, 0) is 56.8 Å². The van der Waals surface area contributed by atoms with Crippen LogP contribution in [0.4, 0.5) is 17.7 Å². The van der Waals surface area contributed by atoms with E-state index in [-0.39, 0.29) is 0 Å². The van der Waals surface area contributed by atoms with Crippen LogP contribution in [0.3, 0.4) is 0 Å². The van der Waals surface area contributed by atoms with Crippen molar-refractivity contribution < 1.29 is 4.79 Å². The van der Waals surface area contributed by atoms with Crippen LogP contribution in [0.5, 0.6) is 0 Å². The van der Waals surface area contributed by atoms with E-state index in [4.69, 9.17) is 9.97 Å². The molecule has 0 spiro atoms. The number of nitrogens with zero attached hydrogens (tertiary/aromatic N) is 5. The van der Waals surface area contributed by atoms with Gasteiger partial charge in [0.25, 0.3) is 0 Å². The minimum absolute atomic E-state index is 0.404. The number of carbonyl (C=O) groups excluding carboxylic acids is 1. The van der Waals surface area contributed by atoms with Crippen LogP contribution in [0.25, 0.3) is 0 Å². The quantitative estimate of drug-likeness (QED) is 0.692. The maximum absolute atomic E-state index is 11.3. The minimum atomic E-state index is 0.404. The van der Waals surface area contributed by atoms with E-state index in [9.17, 15) is 4.79 Å². The SMILES string of the molecule is CC(C)c1cnc(Nc2nc(N3CCCC3C3CCCN(C=O)C3)nc3c2CCC3)[nH]1. The molecule has 2 fully saturated rings. The van der Waals surface area contributed by atoms with Gasteiger partial charge in [-0.3, -0.25) is 4.79 Å². The number of aryl methyl sites for hydroxylation is 1. The third-order valence-electron chi connectivity index (χ3n) is 7.11. The zero-order valence-electron chi connectivity index (χ0n) is 18.6. The van der Waals surface area contributed by atoms with Crippen LogP contribution in [-0.2, 0) is 17.6 Å². The Hall–Kier alpha value is -2.64. The van der Waals surface area contributed by atoms with Crippen LogP contribution >= 0.6 is 0 Å². The monoisotopic (exact) mass is 423 g/mol. The first kappa shape index (κ1) is 20.3. The molecule has 8 heteroatoms. The summed E-state index contributed by atoms with van der Waals surface area (Å²) in [6, 6.07) is 0.409. The summed E-state index contributed by atoms with van der Waals surface area (Å²) in [5, 5.41) is 3.45. The number of likely N-dealkylation sites (tertiary alicyclic amines) is 1. The van der Waals surface area contributed by atoms with Gasteiger partial charge in [0.05, 0.1) is 11.9 Å². The van der Waals surface area contributed by atoms with Crippen molar-refractivity contribution in [3.8, 4) is 0 Å². The molecule has 1 aliphatic carbocycles. The topological polar surface area (TPSA) is 90.0 Å². The van der Waals surface area contributed by atoms with Crippen molar-refractivity contribution in [2.24, 2.45) is 5.92 Å². The number of aromatic nitrogens is 4. The van der Waals surface area contributed by atoms with Gasteiger partial charge in [0.15, 0.2) is 0 Å². The second-order valence-electron chi connectivity index (χ2n) is 9.52. The Morgan fingerprint density at radius 2 is 2.03 bits per heavy atom. The summed E-state index contributed by atoms with van der Waals surface area (Å²) in [5.74, 6) is 3.37. The molecule has 8 nitrogen and oxygen atoms in total. The van der Waals surface area contributed by atoms with Gasteiger partial charge in [-0.25, -0.2) is 9.97 Å². The van der Waals surface area contributed by atoms with Gasteiger partial charge in [-0.1, -0.05) is 13.8 Å². The number of anilines is 3. The summed E-state index contributed by atoms with van der Waals surface area (Å²) in [4.78, 5) is 33.6. The van der Waals surface area contributed by atoms with E-state index in [0.717, 1.165) is 88.0 Å². The van der Waals surface area contributed by atoms with Crippen LogP contribution in [0, 0.1) is 5.92 Å². The molecule has 2 aromatic heterocycles. The predicted molar refractivity (Wildman–Crippen MR) is 121 cm³/mol. The molecule has 0 bridgehead atoms. The molecule has 3 aliphatic rings. The molecule has 0 aromatic carbocycles. The summed E-state index contributed by atoms with van der Waals surface area (Å²) in [6.45, 7) is 7.03. The fourth-order valence-electron chi connectivity index (χ4n) is 5.44. The minimum Gasteiger partial charge on any atom is -0.345 e. The number of rotatable bonds is 6. The average molecular weight is 424 g/mol. The summed E-state index contributed by atoms with van der Waals surface area (Å²) in [5.41, 5.74) is 3.52.